The van der Waals surface area contributed by atoms with Crippen molar-refractivity contribution >= 4 is 11.8 Å². The Morgan fingerprint density at radius 1 is 1.05 bits per heavy atom. The molecule has 2 amide bonds. The maximum Gasteiger partial charge on any atom is 0.269 e. The molecule has 0 radical (unpaired) electrons. The highest BCUT2D eigenvalue weighted by Crippen LogP contribution is 2.26. The summed E-state index contributed by atoms with van der Waals surface area (Å²) in [5, 5.41) is 0. The van der Waals surface area contributed by atoms with Gasteiger partial charge in [0.1, 0.15) is 0 Å². The van der Waals surface area contributed by atoms with Crippen LogP contribution in [0.1, 0.15) is 56.0 Å². The van der Waals surface area contributed by atoms with Crippen LogP contribution in [0.15, 0.2) is 24.3 Å². The minimum absolute atomic E-state index is 0.0629. The second-order valence-electron chi connectivity index (χ2n) is 6.40. The predicted molar refractivity (Wildman–Crippen MR) is 78.1 cm³/mol. The molecule has 0 bridgehead atoms. The van der Waals surface area contributed by atoms with Crippen molar-refractivity contribution in [3.05, 3.63) is 35.4 Å². The topological polar surface area (TPSA) is 58.2 Å². The van der Waals surface area contributed by atoms with Crippen LogP contribution in [0.2, 0.25) is 0 Å². The van der Waals surface area contributed by atoms with Crippen molar-refractivity contribution in [1.29, 1.82) is 0 Å². The number of hydrazine groups is 1. The molecule has 4 nitrogen and oxygen atoms in total. The third kappa shape index (κ3) is 3.38. The van der Waals surface area contributed by atoms with E-state index in [-0.39, 0.29) is 23.1 Å². The number of hydrogen-bond donors (Lipinski definition) is 2. The lowest BCUT2D eigenvalue weighted by Crippen LogP contribution is -2.46. The van der Waals surface area contributed by atoms with Gasteiger partial charge in [-0.2, -0.15) is 0 Å². The van der Waals surface area contributed by atoms with Gasteiger partial charge in [0.05, 0.1) is 0 Å². The van der Waals surface area contributed by atoms with E-state index in [0.29, 0.717) is 5.56 Å². The van der Waals surface area contributed by atoms with Gasteiger partial charge in [0, 0.05) is 11.5 Å². The molecule has 20 heavy (non-hydrogen) atoms. The maximum absolute atomic E-state index is 11.9. The molecule has 1 aliphatic carbocycles. The fraction of sp³-hybridized carbons (Fsp3) is 0.500. The molecule has 0 aromatic heterocycles. The number of rotatable bonds is 2. The molecular formula is C16H22N2O2. The highest BCUT2D eigenvalue weighted by molar-refractivity contribution is 5.95. The van der Waals surface area contributed by atoms with E-state index in [2.05, 4.69) is 31.6 Å². The lowest BCUT2D eigenvalue weighted by Gasteiger charge is -2.24. The van der Waals surface area contributed by atoms with Gasteiger partial charge in [0.15, 0.2) is 0 Å². The van der Waals surface area contributed by atoms with Crippen molar-refractivity contribution in [1.82, 2.24) is 10.9 Å². The normalized spacial score (nSPS) is 15.3. The van der Waals surface area contributed by atoms with E-state index in [1.165, 1.54) is 5.56 Å². The van der Waals surface area contributed by atoms with Gasteiger partial charge in [-0.05, 0) is 36.0 Å². The first-order chi connectivity index (χ1) is 9.38. The van der Waals surface area contributed by atoms with Crippen molar-refractivity contribution in [3.8, 4) is 0 Å². The van der Waals surface area contributed by atoms with Gasteiger partial charge in [0.25, 0.3) is 5.91 Å². The minimum atomic E-state index is -0.280. The SMILES string of the molecule is CC(C)(C)c1ccc(C(=O)NNC(=O)C2CCC2)cc1. The summed E-state index contributed by atoms with van der Waals surface area (Å²) in [6, 6.07) is 7.46. The molecule has 1 aromatic rings. The van der Waals surface area contributed by atoms with Crippen molar-refractivity contribution in [2.45, 2.75) is 45.4 Å². The minimum Gasteiger partial charge on any atom is -0.273 e. The molecule has 2 N–H and O–H groups in total. The third-order valence-corrected chi connectivity index (χ3v) is 3.79. The molecule has 0 unspecified atom stereocenters. The van der Waals surface area contributed by atoms with Crippen molar-refractivity contribution in [2.24, 2.45) is 5.92 Å². The quantitative estimate of drug-likeness (QED) is 0.814. The molecule has 0 spiro atoms. The Morgan fingerprint density at radius 3 is 2.10 bits per heavy atom. The van der Waals surface area contributed by atoms with Gasteiger partial charge in [-0.25, -0.2) is 0 Å². The number of amides is 2. The molecule has 1 saturated carbocycles. The molecule has 0 saturated heterocycles. The van der Waals surface area contributed by atoms with Gasteiger partial charge in [0.2, 0.25) is 5.91 Å². The average molecular weight is 274 g/mol. The van der Waals surface area contributed by atoms with Crippen LogP contribution in [0.5, 0.6) is 0 Å². The van der Waals surface area contributed by atoms with Crippen LogP contribution < -0.4 is 10.9 Å². The summed E-state index contributed by atoms with van der Waals surface area (Å²) in [7, 11) is 0. The summed E-state index contributed by atoms with van der Waals surface area (Å²) in [4.78, 5) is 23.5. The Kier molecular flexibility index (Phi) is 4.12. The van der Waals surface area contributed by atoms with E-state index in [9.17, 15) is 9.59 Å². The zero-order chi connectivity index (χ0) is 14.8. The Labute approximate surface area is 119 Å². The molecule has 0 aliphatic heterocycles. The second kappa shape index (κ2) is 5.65. The van der Waals surface area contributed by atoms with Crippen LogP contribution >= 0.6 is 0 Å². The molecular weight excluding hydrogens is 252 g/mol. The van der Waals surface area contributed by atoms with Crippen LogP contribution in [-0.2, 0) is 10.2 Å². The highest BCUT2D eigenvalue weighted by Gasteiger charge is 2.25. The Hall–Kier alpha value is -1.84. The first-order valence-electron chi connectivity index (χ1n) is 7.08. The number of carbonyl (C=O) groups is 2. The van der Waals surface area contributed by atoms with E-state index in [4.69, 9.17) is 0 Å². The largest absolute Gasteiger partial charge is 0.273 e. The Bertz CT molecular complexity index is 496. The summed E-state index contributed by atoms with van der Waals surface area (Å²) in [5.41, 5.74) is 6.74. The van der Waals surface area contributed by atoms with Crippen LogP contribution in [0.3, 0.4) is 0 Å². The maximum atomic E-state index is 11.9. The molecule has 0 atom stereocenters. The number of carbonyl (C=O) groups excluding carboxylic acids is 2. The molecule has 108 valence electrons. The summed E-state index contributed by atoms with van der Waals surface area (Å²) in [6.45, 7) is 6.38. The predicted octanol–water partition coefficient (Wildman–Crippen LogP) is 2.55. The van der Waals surface area contributed by atoms with Gasteiger partial charge in [-0.1, -0.05) is 39.3 Å². The molecule has 4 heteroatoms. The van der Waals surface area contributed by atoms with E-state index in [0.717, 1.165) is 19.3 Å². The van der Waals surface area contributed by atoms with Crippen molar-refractivity contribution < 1.29 is 9.59 Å². The highest BCUT2D eigenvalue weighted by atomic mass is 16.2. The fourth-order valence-electron chi connectivity index (χ4n) is 2.08. The van der Waals surface area contributed by atoms with E-state index in [1.54, 1.807) is 12.1 Å². The second-order valence-corrected chi connectivity index (χ2v) is 6.40. The number of hydrogen-bond acceptors (Lipinski definition) is 2. The van der Waals surface area contributed by atoms with E-state index < -0.39 is 0 Å². The van der Waals surface area contributed by atoms with Crippen LogP contribution in [0, 0.1) is 5.92 Å². The van der Waals surface area contributed by atoms with Crippen molar-refractivity contribution in [3.63, 3.8) is 0 Å². The average Bonchev–Trinajstić information content (AvgIpc) is 2.33. The first kappa shape index (κ1) is 14.6. The summed E-state index contributed by atoms with van der Waals surface area (Å²) in [6.07, 6.45) is 2.93. The standard InChI is InChI=1S/C16H22N2O2/c1-16(2,3)13-9-7-12(8-10-13)15(20)18-17-14(19)11-5-4-6-11/h7-11H,4-6H2,1-3H3,(H,17,19)(H,18,20). The molecule has 1 aliphatic rings. The van der Waals surface area contributed by atoms with Crippen LogP contribution in [0.25, 0.3) is 0 Å². The third-order valence-electron chi connectivity index (χ3n) is 3.79. The Morgan fingerprint density at radius 2 is 1.65 bits per heavy atom. The van der Waals surface area contributed by atoms with Gasteiger partial charge < -0.3 is 0 Å². The van der Waals surface area contributed by atoms with Gasteiger partial charge in [-0.3, -0.25) is 20.4 Å². The first-order valence-corrected chi connectivity index (χ1v) is 7.08. The van der Waals surface area contributed by atoms with Crippen molar-refractivity contribution in [2.75, 3.05) is 0 Å². The lowest BCUT2D eigenvalue weighted by atomic mass is 9.85. The lowest BCUT2D eigenvalue weighted by molar-refractivity contribution is -0.128. The zero-order valence-corrected chi connectivity index (χ0v) is 12.3. The summed E-state index contributed by atoms with van der Waals surface area (Å²) < 4.78 is 0. The van der Waals surface area contributed by atoms with E-state index in [1.807, 2.05) is 12.1 Å². The summed E-state index contributed by atoms with van der Waals surface area (Å²) >= 11 is 0. The van der Waals surface area contributed by atoms with Gasteiger partial charge in [-0.15, -0.1) is 0 Å². The number of nitrogens with one attached hydrogen (secondary N) is 2. The van der Waals surface area contributed by atoms with E-state index >= 15 is 0 Å². The zero-order valence-electron chi connectivity index (χ0n) is 12.3. The monoisotopic (exact) mass is 274 g/mol. The van der Waals surface area contributed by atoms with Crippen LogP contribution in [0.4, 0.5) is 0 Å². The Balaban J connectivity index is 1.90. The molecule has 2 rings (SSSR count). The van der Waals surface area contributed by atoms with Crippen LogP contribution in [-0.4, -0.2) is 11.8 Å². The summed E-state index contributed by atoms with van der Waals surface area (Å²) in [5.74, 6) is -0.299. The number of benzene rings is 1. The smallest absolute Gasteiger partial charge is 0.269 e. The molecule has 1 fully saturated rings. The van der Waals surface area contributed by atoms with Gasteiger partial charge >= 0.3 is 0 Å². The molecule has 0 heterocycles. The fourth-order valence-corrected chi connectivity index (χ4v) is 2.08. The molecule has 1 aromatic carbocycles.